The number of rotatable bonds is 4. The summed E-state index contributed by atoms with van der Waals surface area (Å²) in [6.45, 7) is 0.771. The van der Waals surface area contributed by atoms with Gasteiger partial charge in [-0.15, -0.1) is 0 Å². The first-order valence-electron chi connectivity index (χ1n) is 6.07. The Morgan fingerprint density at radius 3 is 2.53 bits per heavy atom. The van der Waals surface area contributed by atoms with Gasteiger partial charge in [0, 0.05) is 26.7 Å². The van der Waals surface area contributed by atoms with E-state index in [1.807, 2.05) is 18.2 Å². The normalized spacial score (nSPS) is 25.1. The van der Waals surface area contributed by atoms with Crippen molar-refractivity contribution in [2.75, 3.05) is 20.8 Å². The highest BCUT2D eigenvalue weighted by molar-refractivity contribution is 5.18. The molecule has 0 aromatic heterocycles. The Labute approximate surface area is 103 Å². The van der Waals surface area contributed by atoms with Crippen LogP contribution in [0.25, 0.3) is 0 Å². The molecule has 1 fully saturated rings. The summed E-state index contributed by atoms with van der Waals surface area (Å²) in [5.74, 6) is 0.406. The predicted molar refractivity (Wildman–Crippen MR) is 65.7 cm³/mol. The van der Waals surface area contributed by atoms with Crippen LogP contribution in [0, 0.1) is 5.92 Å². The van der Waals surface area contributed by atoms with Crippen LogP contribution in [0.3, 0.4) is 0 Å². The van der Waals surface area contributed by atoms with Gasteiger partial charge in [0.05, 0.1) is 6.10 Å². The molecule has 0 saturated carbocycles. The largest absolute Gasteiger partial charge is 0.374 e. The molecule has 3 nitrogen and oxygen atoms in total. The van der Waals surface area contributed by atoms with E-state index in [2.05, 4.69) is 12.1 Å². The van der Waals surface area contributed by atoms with E-state index >= 15 is 0 Å². The summed E-state index contributed by atoms with van der Waals surface area (Å²) in [4.78, 5) is 0. The van der Waals surface area contributed by atoms with Gasteiger partial charge in [-0.25, -0.2) is 0 Å². The Bertz CT molecular complexity index is 321. The van der Waals surface area contributed by atoms with Crippen molar-refractivity contribution in [3.05, 3.63) is 35.9 Å². The van der Waals surface area contributed by atoms with Crippen LogP contribution in [-0.4, -0.2) is 27.1 Å². The highest BCUT2D eigenvalue weighted by atomic mass is 16.7. The lowest BCUT2D eigenvalue weighted by Crippen LogP contribution is -2.31. The van der Waals surface area contributed by atoms with Gasteiger partial charge < -0.3 is 14.2 Å². The van der Waals surface area contributed by atoms with Crippen LogP contribution in [0.2, 0.25) is 0 Å². The second-order valence-electron chi connectivity index (χ2n) is 4.39. The molecule has 0 N–H and O–H groups in total. The summed E-state index contributed by atoms with van der Waals surface area (Å²) in [5.41, 5.74) is 1.24. The van der Waals surface area contributed by atoms with Crippen LogP contribution < -0.4 is 0 Å². The Kier molecular flexibility index (Phi) is 4.54. The van der Waals surface area contributed by atoms with Gasteiger partial charge in [0.1, 0.15) is 0 Å². The zero-order valence-electron chi connectivity index (χ0n) is 10.5. The first kappa shape index (κ1) is 12.6. The Morgan fingerprint density at radius 2 is 1.88 bits per heavy atom. The molecule has 0 aliphatic carbocycles. The second-order valence-corrected chi connectivity index (χ2v) is 4.39. The molecule has 17 heavy (non-hydrogen) atoms. The van der Waals surface area contributed by atoms with Gasteiger partial charge in [-0.2, -0.15) is 0 Å². The standard InChI is InChI=1S/C14H20O3/c1-15-14(16-2)12-8-9-17-13(10-12)11-6-4-3-5-7-11/h3-7,12-14H,8-10H2,1-2H3/t12-,13+/m0/s1. The van der Waals surface area contributed by atoms with Crippen molar-refractivity contribution in [2.45, 2.75) is 25.2 Å². The average molecular weight is 236 g/mol. The molecular weight excluding hydrogens is 216 g/mol. The van der Waals surface area contributed by atoms with Gasteiger partial charge in [0.2, 0.25) is 0 Å². The van der Waals surface area contributed by atoms with E-state index < -0.39 is 0 Å². The van der Waals surface area contributed by atoms with Crippen molar-refractivity contribution in [3.8, 4) is 0 Å². The van der Waals surface area contributed by atoms with Gasteiger partial charge in [-0.3, -0.25) is 0 Å². The summed E-state index contributed by atoms with van der Waals surface area (Å²) in [7, 11) is 3.39. The zero-order valence-corrected chi connectivity index (χ0v) is 10.5. The van der Waals surface area contributed by atoms with Crippen molar-refractivity contribution in [2.24, 2.45) is 5.92 Å². The van der Waals surface area contributed by atoms with E-state index in [9.17, 15) is 0 Å². The number of ether oxygens (including phenoxy) is 3. The number of methoxy groups -OCH3 is 2. The third kappa shape index (κ3) is 3.06. The maximum atomic E-state index is 5.82. The van der Waals surface area contributed by atoms with E-state index in [0.29, 0.717) is 5.92 Å². The van der Waals surface area contributed by atoms with E-state index in [1.54, 1.807) is 14.2 Å². The fraction of sp³-hybridized carbons (Fsp3) is 0.571. The minimum atomic E-state index is -0.120. The SMILES string of the molecule is COC(OC)[C@H]1CCO[C@@H](c2ccccc2)C1. The molecule has 3 heteroatoms. The number of hydrogen-bond acceptors (Lipinski definition) is 3. The smallest absolute Gasteiger partial charge is 0.159 e. The lowest BCUT2D eigenvalue weighted by atomic mass is 9.91. The average Bonchev–Trinajstić information content (AvgIpc) is 2.42. The first-order valence-corrected chi connectivity index (χ1v) is 6.07. The highest BCUT2D eigenvalue weighted by Crippen LogP contribution is 2.34. The monoisotopic (exact) mass is 236 g/mol. The van der Waals surface area contributed by atoms with Crippen LogP contribution >= 0.6 is 0 Å². The second kappa shape index (κ2) is 6.15. The number of hydrogen-bond donors (Lipinski definition) is 0. The fourth-order valence-corrected chi connectivity index (χ4v) is 2.45. The predicted octanol–water partition coefficient (Wildman–Crippen LogP) is 2.77. The minimum Gasteiger partial charge on any atom is -0.374 e. The summed E-state index contributed by atoms with van der Waals surface area (Å²) in [5, 5.41) is 0. The molecule has 1 aromatic carbocycles. The lowest BCUT2D eigenvalue weighted by Gasteiger charge is -2.33. The van der Waals surface area contributed by atoms with Crippen molar-refractivity contribution >= 4 is 0 Å². The molecule has 0 amide bonds. The molecule has 1 aliphatic rings. The van der Waals surface area contributed by atoms with Crippen molar-refractivity contribution in [1.29, 1.82) is 0 Å². The first-order chi connectivity index (χ1) is 8.35. The van der Waals surface area contributed by atoms with Gasteiger partial charge in [0.25, 0.3) is 0 Å². The summed E-state index contributed by atoms with van der Waals surface area (Å²) in [6, 6.07) is 10.3. The molecule has 0 radical (unpaired) electrons. The molecule has 0 bridgehead atoms. The summed E-state index contributed by atoms with van der Waals surface area (Å²) >= 11 is 0. The maximum absolute atomic E-state index is 5.82. The molecule has 1 heterocycles. The summed E-state index contributed by atoms with van der Waals surface area (Å²) < 4.78 is 16.5. The van der Waals surface area contributed by atoms with Crippen LogP contribution in [0.1, 0.15) is 24.5 Å². The summed E-state index contributed by atoms with van der Waals surface area (Å²) in [6.07, 6.45) is 2.00. The lowest BCUT2D eigenvalue weighted by molar-refractivity contribution is -0.165. The van der Waals surface area contributed by atoms with Crippen LogP contribution in [0.15, 0.2) is 30.3 Å². The Balaban J connectivity index is 2.02. The molecule has 2 atom stereocenters. The molecule has 1 aliphatic heterocycles. The molecule has 2 rings (SSSR count). The molecule has 94 valence electrons. The molecule has 1 aromatic rings. The van der Waals surface area contributed by atoms with Crippen LogP contribution in [0.5, 0.6) is 0 Å². The van der Waals surface area contributed by atoms with Crippen molar-refractivity contribution in [3.63, 3.8) is 0 Å². The third-order valence-corrected chi connectivity index (χ3v) is 3.35. The van der Waals surface area contributed by atoms with Gasteiger partial charge >= 0.3 is 0 Å². The van der Waals surface area contributed by atoms with Crippen molar-refractivity contribution < 1.29 is 14.2 Å². The Morgan fingerprint density at radius 1 is 1.18 bits per heavy atom. The van der Waals surface area contributed by atoms with E-state index in [-0.39, 0.29) is 12.4 Å². The maximum Gasteiger partial charge on any atom is 0.159 e. The minimum absolute atomic E-state index is 0.120. The van der Waals surface area contributed by atoms with Gasteiger partial charge in [0.15, 0.2) is 6.29 Å². The van der Waals surface area contributed by atoms with E-state index in [1.165, 1.54) is 5.56 Å². The zero-order chi connectivity index (χ0) is 12.1. The molecule has 0 spiro atoms. The molecular formula is C14H20O3. The fourth-order valence-electron chi connectivity index (χ4n) is 2.45. The van der Waals surface area contributed by atoms with Gasteiger partial charge in [-0.05, 0) is 18.4 Å². The van der Waals surface area contributed by atoms with E-state index in [4.69, 9.17) is 14.2 Å². The van der Waals surface area contributed by atoms with Crippen molar-refractivity contribution in [1.82, 2.24) is 0 Å². The topological polar surface area (TPSA) is 27.7 Å². The van der Waals surface area contributed by atoms with E-state index in [0.717, 1.165) is 19.4 Å². The third-order valence-electron chi connectivity index (χ3n) is 3.35. The van der Waals surface area contributed by atoms with Crippen LogP contribution in [0.4, 0.5) is 0 Å². The Hall–Kier alpha value is -0.900. The molecule has 1 saturated heterocycles. The van der Waals surface area contributed by atoms with Gasteiger partial charge in [-0.1, -0.05) is 30.3 Å². The number of benzene rings is 1. The molecule has 0 unspecified atom stereocenters. The quantitative estimate of drug-likeness (QED) is 0.752. The van der Waals surface area contributed by atoms with Crippen LogP contribution in [-0.2, 0) is 14.2 Å². The highest BCUT2D eigenvalue weighted by Gasteiger charge is 2.29.